The van der Waals surface area contributed by atoms with Gasteiger partial charge in [-0.25, -0.2) is 0 Å². The van der Waals surface area contributed by atoms with Gasteiger partial charge >= 0.3 is 7.12 Å². The third-order valence-electron chi connectivity index (χ3n) is 2.24. The summed E-state index contributed by atoms with van der Waals surface area (Å²) >= 11 is 0. The molecule has 1 rings (SSSR count). The Labute approximate surface area is 96.2 Å². The fourth-order valence-corrected chi connectivity index (χ4v) is 1.60. The molecule has 0 bridgehead atoms. The first kappa shape index (κ1) is 13.0. The van der Waals surface area contributed by atoms with Crippen molar-refractivity contribution in [2.75, 3.05) is 7.11 Å². The Kier molecular flexibility index (Phi) is 3.96. The number of hydrogen-bond donors (Lipinski definition) is 3. The average molecular weight is 223 g/mol. The van der Waals surface area contributed by atoms with Crippen molar-refractivity contribution < 1.29 is 14.8 Å². The van der Waals surface area contributed by atoms with Gasteiger partial charge in [0.1, 0.15) is 5.75 Å². The zero-order valence-electron chi connectivity index (χ0n) is 9.90. The van der Waals surface area contributed by atoms with Crippen molar-refractivity contribution in [3.05, 3.63) is 23.8 Å². The number of rotatable bonds is 4. The summed E-state index contributed by atoms with van der Waals surface area (Å²) in [4.78, 5) is 0. The van der Waals surface area contributed by atoms with Gasteiger partial charge in [0.05, 0.1) is 7.11 Å². The Bertz CT molecular complexity index is 361. The predicted octanol–water partition coefficient (Wildman–Crippen LogP) is -0.345. The van der Waals surface area contributed by atoms with Gasteiger partial charge in [-0.2, -0.15) is 0 Å². The fraction of sp³-hybridized carbons (Fsp3) is 0.455. The Morgan fingerprint density at radius 1 is 1.38 bits per heavy atom. The highest BCUT2D eigenvalue weighted by molar-refractivity contribution is 6.59. The summed E-state index contributed by atoms with van der Waals surface area (Å²) in [6, 6.07) is 5.25. The largest absolute Gasteiger partial charge is 0.497 e. The van der Waals surface area contributed by atoms with E-state index in [0.717, 1.165) is 5.56 Å². The summed E-state index contributed by atoms with van der Waals surface area (Å²) in [6.45, 7) is 3.88. The summed E-state index contributed by atoms with van der Waals surface area (Å²) in [5, 5.41) is 18.2. The minimum Gasteiger partial charge on any atom is -0.497 e. The lowest BCUT2D eigenvalue weighted by molar-refractivity contribution is 0.402. The van der Waals surface area contributed by atoms with E-state index < -0.39 is 7.12 Å². The molecule has 0 aliphatic carbocycles. The van der Waals surface area contributed by atoms with E-state index in [1.54, 1.807) is 12.1 Å². The van der Waals surface area contributed by atoms with Gasteiger partial charge in [0.2, 0.25) is 0 Å². The molecule has 16 heavy (non-hydrogen) atoms. The third kappa shape index (κ3) is 3.52. The second-order valence-corrected chi connectivity index (χ2v) is 4.62. The van der Waals surface area contributed by atoms with Crippen LogP contribution in [0.15, 0.2) is 18.2 Å². The molecule has 0 aromatic heterocycles. The Morgan fingerprint density at radius 3 is 2.44 bits per heavy atom. The zero-order valence-corrected chi connectivity index (χ0v) is 9.90. The van der Waals surface area contributed by atoms with Gasteiger partial charge in [0.25, 0.3) is 0 Å². The van der Waals surface area contributed by atoms with E-state index in [4.69, 9.17) is 20.5 Å². The monoisotopic (exact) mass is 223 g/mol. The molecule has 0 amide bonds. The number of ether oxygens (including phenoxy) is 1. The fourth-order valence-electron chi connectivity index (χ4n) is 1.60. The lowest BCUT2D eigenvalue weighted by Gasteiger charge is -2.19. The first-order chi connectivity index (χ1) is 7.33. The second-order valence-electron chi connectivity index (χ2n) is 4.62. The minimum atomic E-state index is -1.52. The highest BCUT2D eigenvalue weighted by atomic mass is 16.5. The molecule has 0 spiro atoms. The van der Waals surface area contributed by atoms with E-state index >= 15 is 0 Å². The normalized spacial score (nSPS) is 11.4. The first-order valence-electron chi connectivity index (χ1n) is 5.15. The second kappa shape index (κ2) is 4.87. The molecule has 5 heteroatoms. The van der Waals surface area contributed by atoms with E-state index in [9.17, 15) is 0 Å². The third-order valence-corrected chi connectivity index (χ3v) is 2.24. The molecule has 0 heterocycles. The highest BCUT2D eigenvalue weighted by Gasteiger charge is 2.18. The lowest BCUT2D eigenvalue weighted by atomic mass is 9.78. The smallest absolute Gasteiger partial charge is 0.492 e. The van der Waals surface area contributed by atoms with Crippen molar-refractivity contribution >= 4 is 12.6 Å². The van der Waals surface area contributed by atoms with Crippen LogP contribution in [0.1, 0.15) is 19.4 Å². The van der Waals surface area contributed by atoms with E-state index in [1.807, 2.05) is 19.9 Å². The van der Waals surface area contributed by atoms with Crippen LogP contribution in [0.4, 0.5) is 0 Å². The molecule has 4 N–H and O–H groups in total. The van der Waals surface area contributed by atoms with Crippen molar-refractivity contribution in [3.63, 3.8) is 0 Å². The van der Waals surface area contributed by atoms with Crippen LogP contribution >= 0.6 is 0 Å². The maximum Gasteiger partial charge on any atom is 0.492 e. The van der Waals surface area contributed by atoms with Gasteiger partial charge in [-0.15, -0.1) is 0 Å². The molecule has 88 valence electrons. The van der Waals surface area contributed by atoms with Gasteiger partial charge < -0.3 is 20.5 Å². The summed E-state index contributed by atoms with van der Waals surface area (Å²) in [5.41, 5.74) is 6.99. The maximum atomic E-state index is 9.11. The van der Waals surface area contributed by atoms with E-state index in [0.29, 0.717) is 17.6 Å². The molecular formula is C11H18BNO3. The summed E-state index contributed by atoms with van der Waals surface area (Å²) in [5.74, 6) is 0.469. The molecule has 0 unspecified atom stereocenters. The molecule has 0 fully saturated rings. The predicted molar refractivity (Wildman–Crippen MR) is 64.8 cm³/mol. The first-order valence-corrected chi connectivity index (χ1v) is 5.15. The number of benzene rings is 1. The van der Waals surface area contributed by atoms with Gasteiger partial charge in [0, 0.05) is 11.0 Å². The molecule has 0 aliphatic rings. The zero-order chi connectivity index (χ0) is 12.3. The highest BCUT2D eigenvalue weighted by Crippen LogP contribution is 2.15. The van der Waals surface area contributed by atoms with Crippen molar-refractivity contribution in [1.29, 1.82) is 0 Å². The molecule has 4 nitrogen and oxygen atoms in total. The van der Waals surface area contributed by atoms with Crippen LogP contribution in [-0.4, -0.2) is 29.8 Å². The topological polar surface area (TPSA) is 75.7 Å². The van der Waals surface area contributed by atoms with Crippen LogP contribution in [0, 0.1) is 0 Å². The maximum absolute atomic E-state index is 9.11. The molecule has 0 saturated heterocycles. The Balaban J connectivity index is 3.00. The van der Waals surface area contributed by atoms with Crippen LogP contribution in [0.2, 0.25) is 0 Å². The molecule has 0 aliphatic heterocycles. The quantitative estimate of drug-likeness (QED) is 0.610. The summed E-state index contributed by atoms with van der Waals surface area (Å²) in [6.07, 6.45) is 0.700. The summed E-state index contributed by atoms with van der Waals surface area (Å²) in [7, 11) is -0.0200. The van der Waals surface area contributed by atoms with Crippen molar-refractivity contribution in [2.45, 2.75) is 25.8 Å². The van der Waals surface area contributed by atoms with Gasteiger partial charge in [-0.05, 0) is 31.9 Å². The number of hydrogen-bond acceptors (Lipinski definition) is 4. The molecule has 1 aromatic rings. The summed E-state index contributed by atoms with van der Waals surface area (Å²) < 4.78 is 5.10. The lowest BCUT2D eigenvalue weighted by Crippen LogP contribution is -2.35. The van der Waals surface area contributed by atoms with Gasteiger partial charge in [0.15, 0.2) is 0 Å². The SMILES string of the molecule is COc1cc(CC(C)(C)N)ccc1B(O)O. The van der Waals surface area contributed by atoms with Crippen molar-refractivity contribution in [2.24, 2.45) is 5.73 Å². The average Bonchev–Trinajstić information content (AvgIpc) is 2.14. The molecule has 0 atom stereocenters. The van der Waals surface area contributed by atoms with Crippen molar-refractivity contribution in [1.82, 2.24) is 0 Å². The van der Waals surface area contributed by atoms with Crippen molar-refractivity contribution in [3.8, 4) is 5.75 Å². The standard InChI is InChI=1S/C11H18BNO3/c1-11(2,13)7-8-4-5-9(12(14)15)10(6-8)16-3/h4-6,14-15H,7,13H2,1-3H3. The molecule has 1 aromatic carbocycles. The van der Waals surface area contributed by atoms with Gasteiger partial charge in [-0.1, -0.05) is 12.1 Å². The van der Waals surface area contributed by atoms with Crippen LogP contribution in [-0.2, 0) is 6.42 Å². The molecular weight excluding hydrogens is 205 g/mol. The molecule has 0 radical (unpaired) electrons. The van der Waals surface area contributed by atoms with E-state index in [2.05, 4.69) is 0 Å². The van der Waals surface area contributed by atoms with E-state index in [-0.39, 0.29) is 5.54 Å². The number of nitrogens with two attached hydrogens (primary N) is 1. The van der Waals surface area contributed by atoms with Gasteiger partial charge in [-0.3, -0.25) is 0 Å². The van der Waals surface area contributed by atoms with Crippen LogP contribution < -0.4 is 15.9 Å². The Hall–Kier alpha value is -1.04. The Morgan fingerprint density at radius 2 is 2.00 bits per heavy atom. The van der Waals surface area contributed by atoms with E-state index in [1.165, 1.54) is 7.11 Å². The van der Waals surface area contributed by atoms with Crippen LogP contribution in [0.3, 0.4) is 0 Å². The van der Waals surface area contributed by atoms with Crippen LogP contribution in [0.25, 0.3) is 0 Å². The number of methoxy groups -OCH3 is 1. The minimum absolute atomic E-state index is 0.301. The van der Waals surface area contributed by atoms with Crippen LogP contribution in [0.5, 0.6) is 5.75 Å². The molecule has 0 saturated carbocycles.